The summed E-state index contributed by atoms with van der Waals surface area (Å²) in [5.41, 5.74) is -0.218. The SMILES string of the molecule is CC(C)(C)OC(=O)N1CCN(C(=O)c2ccccc2)CC1C(=O)O. The Hall–Kier alpha value is -2.57. The molecule has 2 rings (SSSR count). The Bertz CT molecular complexity index is 624. The second kappa shape index (κ2) is 6.90. The molecule has 24 heavy (non-hydrogen) atoms. The minimum absolute atomic E-state index is 0.0672. The molecule has 0 bridgehead atoms. The Labute approximate surface area is 140 Å². The van der Waals surface area contributed by atoms with Gasteiger partial charge >= 0.3 is 12.1 Å². The summed E-state index contributed by atoms with van der Waals surface area (Å²) in [5.74, 6) is -1.41. The molecular formula is C17H22N2O5. The smallest absolute Gasteiger partial charge is 0.411 e. The van der Waals surface area contributed by atoms with Crippen LogP contribution in [0.5, 0.6) is 0 Å². The molecule has 0 saturated carbocycles. The lowest BCUT2D eigenvalue weighted by atomic mass is 10.1. The van der Waals surface area contributed by atoms with Crippen molar-refractivity contribution in [3.63, 3.8) is 0 Å². The Kier molecular flexibility index (Phi) is 5.11. The number of benzene rings is 1. The van der Waals surface area contributed by atoms with Crippen LogP contribution in [0, 0.1) is 0 Å². The number of piperazine rings is 1. The highest BCUT2D eigenvalue weighted by atomic mass is 16.6. The quantitative estimate of drug-likeness (QED) is 0.891. The molecule has 1 saturated heterocycles. The van der Waals surface area contributed by atoms with Crippen LogP contribution in [0.15, 0.2) is 30.3 Å². The molecule has 1 atom stereocenters. The van der Waals surface area contributed by atoms with Crippen LogP contribution in [-0.2, 0) is 9.53 Å². The number of hydrogen-bond donors (Lipinski definition) is 1. The van der Waals surface area contributed by atoms with Crippen LogP contribution in [0.2, 0.25) is 0 Å². The third-order valence-corrected chi connectivity index (χ3v) is 3.60. The molecule has 1 unspecified atom stereocenters. The monoisotopic (exact) mass is 334 g/mol. The number of carboxylic acids is 1. The maximum atomic E-state index is 12.5. The summed E-state index contributed by atoms with van der Waals surface area (Å²) in [7, 11) is 0. The molecule has 0 radical (unpaired) electrons. The first-order valence-electron chi connectivity index (χ1n) is 7.76. The van der Waals surface area contributed by atoms with Crippen LogP contribution in [0.25, 0.3) is 0 Å². The molecule has 1 fully saturated rings. The third kappa shape index (κ3) is 4.24. The van der Waals surface area contributed by atoms with Crippen LogP contribution in [0.4, 0.5) is 4.79 Å². The molecular weight excluding hydrogens is 312 g/mol. The summed E-state index contributed by atoms with van der Waals surface area (Å²) in [6.45, 7) is 5.46. The van der Waals surface area contributed by atoms with Crippen LogP contribution in [0.1, 0.15) is 31.1 Å². The van der Waals surface area contributed by atoms with E-state index in [9.17, 15) is 19.5 Å². The molecule has 130 valence electrons. The molecule has 7 heteroatoms. The Morgan fingerprint density at radius 3 is 2.29 bits per heavy atom. The minimum atomic E-state index is -1.16. The number of ether oxygens (including phenoxy) is 1. The molecule has 1 heterocycles. The fourth-order valence-electron chi connectivity index (χ4n) is 2.48. The number of aliphatic carboxylic acids is 1. The first-order chi connectivity index (χ1) is 11.2. The zero-order chi connectivity index (χ0) is 17.9. The van der Waals surface area contributed by atoms with E-state index in [4.69, 9.17) is 4.74 Å². The Morgan fingerprint density at radius 2 is 1.75 bits per heavy atom. The molecule has 0 spiro atoms. The van der Waals surface area contributed by atoms with Crippen molar-refractivity contribution in [3.05, 3.63) is 35.9 Å². The van der Waals surface area contributed by atoms with Crippen molar-refractivity contribution < 1.29 is 24.2 Å². The largest absolute Gasteiger partial charge is 0.480 e. The van der Waals surface area contributed by atoms with Gasteiger partial charge < -0.3 is 14.7 Å². The van der Waals surface area contributed by atoms with Crippen LogP contribution in [0.3, 0.4) is 0 Å². The van der Waals surface area contributed by atoms with E-state index in [2.05, 4.69) is 0 Å². The summed E-state index contributed by atoms with van der Waals surface area (Å²) < 4.78 is 5.26. The van der Waals surface area contributed by atoms with Gasteiger partial charge in [-0.1, -0.05) is 18.2 Å². The van der Waals surface area contributed by atoms with Crippen molar-refractivity contribution in [2.24, 2.45) is 0 Å². The average molecular weight is 334 g/mol. The first-order valence-corrected chi connectivity index (χ1v) is 7.76. The van der Waals surface area contributed by atoms with Crippen molar-refractivity contribution in [2.45, 2.75) is 32.4 Å². The first kappa shape index (κ1) is 17.8. The number of carbonyl (C=O) groups excluding carboxylic acids is 2. The predicted molar refractivity (Wildman–Crippen MR) is 86.7 cm³/mol. The molecule has 0 aliphatic carbocycles. The highest BCUT2D eigenvalue weighted by molar-refractivity contribution is 5.95. The van der Waals surface area contributed by atoms with E-state index < -0.39 is 23.7 Å². The fraction of sp³-hybridized carbons (Fsp3) is 0.471. The molecule has 1 aliphatic rings. The van der Waals surface area contributed by atoms with Gasteiger partial charge in [0.15, 0.2) is 6.04 Å². The lowest BCUT2D eigenvalue weighted by Gasteiger charge is -2.39. The molecule has 1 aliphatic heterocycles. The lowest BCUT2D eigenvalue weighted by Crippen LogP contribution is -2.60. The summed E-state index contributed by atoms with van der Waals surface area (Å²) in [6.07, 6.45) is -0.679. The molecule has 7 nitrogen and oxygen atoms in total. The average Bonchev–Trinajstić information content (AvgIpc) is 2.52. The maximum Gasteiger partial charge on any atom is 0.411 e. The van der Waals surface area contributed by atoms with E-state index >= 15 is 0 Å². The fourth-order valence-corrected chi connectivity index (χ4v) is 2.48. The standard InChI is InChI=1S/C17H22N2O5/c1-17(2,3)24-16(23)19-10-9-18(11-13(19)15(21)22)14(20)12-7-5-4-6-8-12/h4-8,13H,9-11H2,1-3H3,(H,21,22). The third-order valence-electron chi connectivity index (χ3n) is 3.60. The molecule has 1 N–H and O–H groups in total. The van der Waals surface area contributed by atoms with Gasteiger partial charge in [0.25, 0.3) is 5.91 Å². The maximum absolute atomic E-state index is 12.5. The van der Waals surface area contributed by atoms with Gasteiger partial charge in [-0.3, -0.25) is 9.69 Å². The van der Waals surface area contributed by atoms with Crippen LogP contribution in [-0.4, -0.2) is 64.2 Å². The summed E-state index contributed by atoms with van der Waals surface area (Å²) in [5, 5.41) is 9.44. The van der Waals surface area contributed by atoms with Gasteiger partial charge in [-0.05, 0) is 32.9 Å². The zero-order valence-corrected chi connectivity index (χ0v) is 14.1. The second-order valence-electron chi connectivity index (χ2n) is 6.64. The van der Waals surface area contributed by atoms with Gasteiger partial charge in [-0.2, -0.15) is 0 Å². The predicted octanol–water partition coefficient (Wildman–Crippen LogP) is 1.83. The zero-order valence-electron chi connectivity index (χ0n) is 14.1. The number of carbonyl (C=O) groups is 3. The van der Waals surface area contributed by atoms with E-state index in [0.29, 0.717) is 5.56 Å². The van der Waals surface area contributed by atoms with Gasteiger partial charge in [-0.25, -0.2) is 9.59 Å². The minimum Gasteiger partial charge on any atom is -0.480 e. The molecule has 1 aromatic carbocycles. The van der Waals surface area contributed by atoms with Crippen molar-refractivity contribution in [2.75, 3.05) is 19.6 Å². The van der Waals surface area contributed by atoms with Crippen LogP contribution < -0.4 is 0 Å². The number of carboxylic acid groups (broad SMARTS) is 1. The highest BCUT2D eigenvalue weighted by Gasteiger charge is 2.39. The normalized spacial score (nSPS) is 18.2. The number of rotatable bonds is 2. The van der Waals surface area contributed by atoms with Gasteiger partial charge in [0, 0.05) is 18.7 Å². The van der Waals surface area contributed by atoms with Crippen molar-refractivity contribution in [1.29, 1.82) is 0 Å². The summed E-state index contributed by atoms with van der Waals surface area (Å²) in [6, 6.07) is 7.53. The van der Waals surface area contributed by atoms with Crippen LogP contribution >= 0.6 is 0 Å². The van der Waals surface area contributed by atoms with Gasteiger partial charge in [0.1, 0.15) is 5.60 Å². The van der Waals surface area contributed by atoms with Crippen molar-refractivity contribution in [1.82, 2.24) is 9.80 Å². The topological polar surface area (TPSA) is 87.2 Å². The molecule has 0 aromatic heterocycles. The molecule has 1 aromatic rings. The van der Waals surface area contributed by atoms with E-state index in [0.717, 1.165) is 0 Å². The van der Waals surface area contributed by atoms with Gasteiger partial charge in [0.2, 0.25) is 0 Å². The summed E-state index contributed by atoms with van der Waals surface area (Å²) in [4.78, 5) is 38.9. The van der Waals surface area contributed by atoms with E-state index in [1.54, 1.807) is 51.1 Å². The van der Waals surface area contributed by atoms with Gasteiger partial charge in [-0.15, -0.1) is 0 Å². The second-order valence-corrected chi connectivity index (χ2v) is 6.64. The lowest BCUT2D eigenvalue weighted by molar-refractivity contribution is -0.145. The van der Waals surface area contributed by atoms with Crippen molar-refractivity contribution >= 4 is 18.0 Å². The number of amides is 2. The number of nitrogens with zero attached hydrogens (tertiary/aromatic N) is 2. The molecule has 2 amide bonds. The Balaban J connectivity index is 2.12. The Morgan fingerprint density at radius 1 is 1.12 bits per heavy atom. The highest BCUT2D eigenvalue weighted by Crippen LogP contribution is 2.17. The summed E-state index contributed by atoms with van der Waals surface area (Å²) >= 11 is 0. The van der Waals surface area contributed by atoms with E-state index in [-0.39, 0.29) is 25.5 Å². The number of hydrogen-bond acceptors (Lipinski definition) is 4. The van der Waals surface area contributed by atoms with E-state index in [1.165, 1.54) is 9.80 Å². The van der Waals surface area contributed by atoms with Crippen molar-refractivity contribution in [3.8, 4) is 0 Å². The van der Waals surface area contributed by atoms with E-state index in [1.807, 2.05) is 0 Å². The van der Waals surface area contributed by atoms with Gasteiger partial charge in [0.05, 0.1) is 6.54 Å².